The molecule has 0 spiro atoms. The number of benzene rings is 1. The molecule has 3 aromatic rings. The maximum Gasteiger partial charge on any atom is 0.310 e. The Bertz CT molecular complexity index is 1040. The monoisotopic (exact) mass is 396 g/mol. The summed E-state index contributed by atoms with van der Waals surface area (Å²) in [6.45, 7) is 5.21. The summed E-state index contributed by atoms with van der Waals surface area (Å²) in [6, 6.07) is 7.83. The Balaban J connectivity index is 1.51. The van der Waals surface area contributed by atoms with Crippen molar-refractivity contribution in [3.05, 3.63) is 36.4 Å². The van der Waals surface area contributed by atoms with Gasteiger partial charge in [0.1, 0.15) is 6.54 Å². The molecule has 1 amide bonds. The fourth-order valence-electron chi connectivity index (χ4n) is 3.77. The van der Waals surface area contributed by atoms with Gasteiger partial charge in [0, 0.05) is 37.3 Å². The first-order valence-electron chi connectivity index (χ1n) is 9.89. The third kappa shape index (κ3) is 4.01. The number of carbonyl (C=O) groups is 2. The van der Waals surface area contributed by atoms with Crippen LogP contribution in [0.15, 0.2) is 34.9 Å². The molecule has 1 saturated heterocycles. The smallest absolute Gasteiger partial charge is 0.310 e. The van der Waals surface area contributed by atoms with E-state index in [0.717, 1.165) is 29.3 Å². The first kappa shape index (κ1) is 19.2. The summed E-state index contributed by atoms with van der Waals surface area (Å²) in [7, 11) is 0. The minimum atomic E-state index is -0.235. The van der Waals surface area contributed by atoms with E-state index in [9.17, 15) is 9.59 Å². The van der Waals surface area contributed by atoms with Crippen molar-refractivity contribution in [2.45, 2.75) is 33.2 Å². The summed E-state index contributed by atoms with van der Waals surface area (Å²) in [6.07, 6.45) is 3.47. The number of likely N-dealkylation sites (tertiary alicyclic amines) is 1. The number of aromatic nitrogens is 3. The van der Waals surface area contributed by atoms with Gasteiger partial charge in [0.15, 0.2) is 0 Å². The van der Waals surface area contributed by atoms with Crippen molar-refractivity contribution in [1.82, 2.24) is 19.7 Å². The fourth-order valence-corrected chi connectivity index (χ4v) is 3.77. The largest absolute Gasteiger partial charge is 0.466 e. The van der Waals surface area contributed by atoms with Crippen molar-refractivity contribution < 1.29 is 18.7 Å². The number of piperidine rings is 1. The van der Waals surface area contributed by atoms with Crippen LogP contribution in [0.4, 0.5) is 0 Å². The average Bonchev–Trinajstić information content (AvgIpc) is 3.34. The lowest BCUT2D eigenvalue weighted by atomic mass is 9.98. The van der Waals surface area contributed by atoms with Crippen LogP contribution in [0, 0.1) is 12.8 Å². The van der Waals surface area contributed by atoms with Crippen LogP contribution in [-0.4, -0.2) is 51.2 Å². The number of rotatable bonds is 5. The van der Waals surface area contributed by atoms with Crippen LogP contribution in [0.25, 0.3) is 22.4 Å². The fraction of sp³-hybridized carbons (Fsp3) is 0.429. The lowest BCUT2D eigenvalue weighted by molar-refractivity contribution is -0.151. The van der Waals surface area contributed by atoms with E-state index in [0.29, 0.717) is 31.5 Å². The summed E-state index contributed by atoms with van der Waals surface area (Å²) in [5, 5.41) is 8.97. The SMILES string of the molecule is CCOC(=O)[C@H]1CCCN(C(=O)Cn2ccc3ccc(-c4nnc(C)o4)cc32)C1. The van der Waals surface area contributed by atoms with E-state index < -0.39 is 0 Å². The molecule has 152 valence electrons. The molecule has 0 unspecified atom stereocenters. The Morgan fingerprint density at radius 1 is 1.28 bits per heavy atom. The van der Waals surface area contributed by atoms with Gasteiger partial charge in [-0.3, -0.25) is 9.59 Å². The van der Waals surface area contributed by atoms with Crippen molar-refractivity contribution >= 4 is 22.8 Å². The third-order valence-electron chi connectivity index (χ3n) is 5.25. The molecular weight excluding hydrogens is 372 g/mol. The zero-order valence-corrected chi connectivity index (χ0v) is 16.6. The Morgan fingerprint density at radius 3 is 2.90 bits per heavy atom. The number of esters is 1. The number of aryl methyl sites for hydroxylation is 1. The van der Waals surface area contributed by atoms with Gasteiger partial charge in [0.2, 0.25) is 17.7 Å². The van der Waals surface area contributed by atoms with Crippen LogP contribution in [0.1, 0.15) is 25.7 Å². The minimum absolute atomic E-state index is 0.00413. The van der Waals surface area contributed by atoms with Gasteiger partial charge < -0.3 is 18.6 Å². The second-order valence-corrected chi connectivity index (χ2v) is 7.27. The Hall–Kier alpha value is -3.16. The van der Waals surface area contributed by atoms with E-state index in [2.05, 4.69) is 10.2 Å². The van der Waals surface area contributed by atoms with Crippen LogP contribution < -0.4 is 0 Å². The normalized spacial score (nSPS) is 16.9. The van der Waals surface area contributed by atoms with Gasteiger partial charge in [-0.1, -0.05) is 6.07 Å². The van der Waals surface area contributed by atoms with E-state index >= 15 is 0 Å². The number of ether oxygens (including phenoxy) is 1. The number of carbonyl (C=O) groups excluding carboxylic acids is 2. The molecule has 1 fully saturated rings. The molecule has 1 aromatic carbocycles. The van der Waals surface area contributed by atoms with Gasteiger partial charge >= 0.3 is 5.97 Å². The second kappa shape index (κ2) is 8.06. The van der Waals surface area contributed by atoms with Crippen molar-refractivity contribution in [3.8, 4) is 11.5 Å². The molecule has 8 heteroatoms. The molecule has 0 N–H and O–H groups in total. The topological polar surface area (TPSA) is 90.5 Å². The quantitative estimate of drug-likeness (QED) is 0.616. The molecule has 2 aromatic heterocycles. The molecule has 0 aliphatic carbocycles. The van der Waals surface area contributed by atoms with E-state index in [1.165, 1.54) is 0 Å². The second-order valence-electron chi connectivity index (χ2n) is 7.27. The number of nitrogens with zero attached hydrogens (tertiary/aromatic N) is 4. The Labute approximate surface area is 168 Å². The predicted molar refractivity (Wildman–Crippen MR) is 106 cm³/mol. The summed E-state index contributed by atoms with van der Waals surface area (Å²) in [4.78, 5) is 26.7. The predicted octanol–water partition coefficient (Wildman–Crippen LogP) is 2.80. The van der Waals surface area contributed by atoms with Crippen molar-refractivity contribution in [3.63, 3.8) is 0 Å². The van der Waals surface area contributed by atoms with E-state index in [4.69, 9.17) is 9.15 Å². The van der Waals surface area contributed by atoms with E-state index in [1.807, 2.05) is 35.0 Å². The highest BCUT2D eigenvalue weighted by Gasteiger charge is 2.29. The first-order chi connectivity index (χ1) is 14.0. The van der Waals surface area contributed by atoms with Gasteiger partial charge in [-0.25, -0.2) is 0 Å². The van der Waals surface area contributed by atoms with Crippen LogP contribution >= 0.6 is 0 Å². The number of fused-ring (bicyclic) bond motifs is 1. The van der Waals surface area contributed by atoms with Crippen LogP contribution in [0.5, 0.6) is 0 Å². The standard InChI is InChI=1S/C21H24N4O4/c1-3-28-21(27)17-5-4-9-25(12-17)19(26)13-24-10-8-15-6-7-16(11-18(15)24)20-23-22-14(2)29-20/h6-8,10-11,17H,3-5,9,12-13H2,1-2H3/t17-/m0/s1. The molecule has 1 aliphatic heterocycles. The zero-order valence-electron chi connectivity index (χ0n) is 16.6. The number of hydrogen-bond donors (Lipinski definition) is 0. The van der Waals surface area contributed by atoms with E-state index in [-0.39, 0.29) is 24.3 Å². The highest BCUT2D eigenvalue weighted by atomic mass is 16.5. The zero-order chi connectivity index (χ0) is 20.4. The van der Waals surface area contributed by atoms with Crippen molar-refractivity contribution in [1.29, 1.82) is 0 Å². The maximum atomic E-state index is 12.9. The Morgan fingerprint density at radius 2 is 2.14 bits per heavy atom. The summed E-state index contributed by atoms with van der Waals surface area (Å²) in [5.74, 6) is 0.511. The van der Waals surface area contributed by atoms with Gasteiger partial charge in [-0.05, 0) is 43.4 Å². The van der Waals surface area contributed by atoms with E-state index in [1.54, 1.807) is 18.7 Å². The molecule has 0 saturated carbocycles. The number of hydrogen-bond acceptors (Lipinski definition) is 6. The lowest BCUT2D eigenvalue weighted by Gasteiger charge is -2.31. The lowest BCUT2D eigenvalue weighted by Crippen LogP contribution is -2.44. The molecule has 1 atom stereocenters. The van der Waals surface area contributed by atoms with Crippen molar-refractivity contribution in [2.75, 3.05) is 19.7 Å². The average molecular weight is 396 g/mol. The first-order valence-corrected chi connectivity index (χ1v) is 9.89. The molecule has 29 heavy (non-hydrogen) atoms. The molecule has 0 radical (unpaired) electrons. The van der Waals surface area contributed by atoms with Gasteiger partial charge in [-0.15, -0.1) is 10.2 Å². The molecule has 1 aliphatic rings. The maximum absolute atomic E-state index is 12.9. The highest BCUT2D eigenvalue weighted by Crippen LogP contribution is 2.25. The highest BCUT2D eigenvalue weighted by molar-refractivity contribution is 5.86. The van der Waals surface area contributed by atoms with Crippen molar-refractivity contribution in [2.24, 2.45) is 5.92 Å². The third-order valence-corrected chi connectivity index (χ3v) is 5.25. The summed E-state index contributed by atoms with van der Waals surface area (Å²) in [5.41, 5.74) is 1.73. The minimum Gasteiger partial charge on any atom is -0.466 e. The Kier molecular flexibility index (Phi) is 5.33. The van der Waals surface area contributed by atoms with Gasteiger partial charge in [0.25, 0.3) is 0 Å². The number of amides is 1. The molecule has 3 heterocycles. The van der Waals surface area contributed by atoms with Crippen LogP contribution in [0.3, 0.4) is 0 Å². The van der Waals surface area contributed by atoms with Gasteiger partial charge in [0.05, 0.1) is 12.5 Å². The summed E-state index contributed by atoms with van der Waals surface area (Å²) >= 11 is 0. The molecular formula is C21H24N4O4. The summed E-state index contributed by atoms with van der Waals surface area (Å²) < 4.78 is 12.6. The van der Waals surface area contributed by atoms with Gasteiger partial charge in [-0.2, -0.15) is 0 Å². The van der Waals surface area contributed by atoms with Crippen LogP contribution in [0.2, 0.25) is 0 Å². The molecule has 8 nitrogen and oxygen atoms in total. The molecule has 0 bridgehead atoms. The molecule has 4 rings (SSSR count). The van der Waals surface area contributed by atoms with Crippen LogP contribution in [-0.2, 0) is 20.9 Å².